The average molecular weight is 652 g/mol. The molecule has 2 heteroatoms. The summed E-state index contributed by atoms with van der Waals surface area (Å²) in [6.45, 7) is 0. The third kappa shape index (κ3) is 4.43. The first-order valence-corrected chi connectivity index (χ1v) is 17.5. The number of hydrogen-bond acceptors (Lipinski definition) is 2. The summed E-state index contributed by atoms with van der Waals surface area (Å²) in [5, 5.41) is 2.19. The molecule has 1 aromatic heterocycles. The van der Waals surface area contributed by atoms with Gasteiger partial charge in [-0.1, -0.05) is 164 Å². The standard InChI is InChI=1S/C49H33NO/c1-4-16-34(17-5-1)35-30-32-38(33-31-35)50(37-20-8-3-9-21-37)45-28-15-29-46-47(45)41-24-14-27-44(48(41)51-46)49(36-18-6-2-7-19-36)42-25-12-10-22-39(42)40-23-11-13-26-43(40)49/h1-33H. The molecule has 0 amide bonds. The zero-order chi connectivity index (χ0) is 33.8. The second-order valence-electron chi connectivity index (χ2n) is 13.2. The Morgan fingerprint density at radius 1 is 0.392 bits per heavy atom. The van der Waals surface area contributed by atoms with Crippen LogP contribution in [0.2, 0.25) is 0 Å². The van der Waals surface area contributed by atoms with Gasteiger partial charge < -0.3 is 9.32 Å². The molecule has 0 saturated heterocycles. The van der Waals surface area contributed by atoms with Crippen molar-refractivity contribution in [1.29, 1.82) is 0 Å². The van der Waals surface area contributed by atoms with Gasteiger partial charge in [0.15, 0.2) is 0 Å². The van der Waals surface area contributed by atoms with Crippen LogP contribution in [0.4, 0.5) is 17.1 Å². The number of rotatable bonds is 6. The first-order valence-electron chi connectivity index (χ1n) is 17.5. The van der Waals surface area contributed by atoms with Crippen LogP contribution in [0.15, 0.2) is 205 Å². The molecule has 1 aliphatic rings. The zero-order valence-corrected chi connectivity index (χ0v) is 27.9. The molecule has 0 N–H and O–H groups in total. The van der Waals surface area contributed by atoms with E-state index in [0.717, 1.165) is 44.6 Å². The summed E-state index contributed by atoms with van der Waals surface area (Å²) in [5.41, 5.74) is 14.3. The minimum atomic E-state index is -0.561. The number of benzene rings is 8. The predicted molar refractivity (Wildman–Crippen MR) is 211 cm³/mol. The van der Waals surface area contributed by atoms with E-state index >= 15 is 0 Å². The lowest BCUT2D eigenvalue weighted by molar-refractivity contribution is 0.648. The number of para-hydroxylation sites is 2. The Hall–Kier alpha value is -6.64. The highest BCUT2D eigenvalue weighted by Gasteiger charge is 2.47. The Labute approximate surface area is 297 Å². The van der Waals surface area contributed by atoms with E-state index in [0.29, 0.717) is 0 Å². The van der Waals surface area contributed by atoms with Crippen LogP contribution in [0.3, 0.4) is 0 Å². The minimum Gasteiger partial charge on any atom is -0.456 e. The lowest BCUT2D eigenvalue weighted by Gasteiger charge is -2.33. The topological polar surface area (TPSA) is 16.4 Å². The van der Waals surface area contributed by atoms with E-state index in [2.05, 4.69) is 205 Å². The predicted octanol–water partition coefficient (Wildman–Crippen LogP) is 13.1. The van der Waals surface area contributed by atoms with Crippen molar-refractivity contribution in [2.75, 3.05) is 4.90 Å². The van der Waals surface area contributed by atoms with Gasteiger partial charge in [0.1, 0.15) is 11.2 Å². The van der Waals surface area contributed by atoms with E-state index in [1.807, 2.05) is 0 Å². The highest BCUT2D eigenvalue weighted by molar-refractivity contribution is 6.14. The van der Waals surface area contributed by atoms with Crippen molar-refractivity contribution >= 4 is 39.0 Å². The van der Waals surface area contributed by atoms with Crippen molar-refractivity contribution < 1.29 is 4.42 Å². The molecule has 51 heavy (non-hydrogen) atoms. The number of fused-ring (bicyclic) bond motifs is 6. The number of furan rings is 1. The molecule has 0 unspecified atom stereocenters. The maximum absolute atomic E-state index is 7.09. The molecule has 10 rings (SSSR count). The van der Waals surface area contributed by atoms with Gasteiger partial charge >= 0.3 is 0 Å². The molecule has 0 aliphatic heterocycles. The van der Waals surface area contributed by atoms with Crippen LogP contribution in [0.1, 0.15) is 22.3 Å². The molecular weight excluding hydrogens is 619 g/mol. The normalized spacial score (nSPS) is 12.9. The van der Waals surface area contributed by atoms with Crippen LogP contribution in [-0.4, -0.2) is 0 Å². The lowest BCUT2D eigenvalue weighted by atomic mass is 9.67. The fraction of sp³-hybridized carbons (Fsp3) is 0.0204. The van der Waals surface area contributed by atoms with Crippen LogP contribution in [0, 0.1) is 0 Å². The highest BCUT2D eigenvalue weighted by atomic mass is 16.3. The third-order valence-electron chi connectivity index (χ3n) is 10.6. The van der Waals surface area contributed by atoms with Gasteiger partial charge in [-0.25, -0.2) is 0 Å². The second kappa shape index (κ2) is 11.8. The van der Waals surface area contributed by atoms with Crippen molar-refractivity contribution in [3.63, 3.8) is 0 Å². The molecule has 0 spiro atoms. The van der Waals surface area contributed by atoms with Crippen molar-refractivity contribution in [1.82, 2.24) is 0 Å². The van der Waals surface area contributed by atoms with Crippen molar-refractivity contribution in [2.45, 2.75) is 5.41 Å². The Morgan fingerprint density at radius 3 is 1.61 bits per heavy atom. The molecule has 240 valence electrons. The first kappa shape index (κ1) is 29.3. The van der Waals surface area contributed by atoms with E-state index < -0.39 is 5.41 Å². The van der Waals surface area contributed by atoms with Gasteiger partial charge in [0, 0.05) is 22.3 Å². The van der Waals surface area contributed by atoms with Crippen LogP contribution in [-0.2, 0) is 5.41 Å². The second-order valence-corrected chi connectivity index (χ2v) is 13.2. The van der Waals surface area contributed by atoms with Crippen molar-refractivity contribution in [3.05, 3.63) is 222 Å². The summed E-state index contributed by atoms with van der Waals surface area (Å²) in [7, 11) is 0. The molecule has 9 aromatic rings. The maximum Gasteiger partial charge on any atom is 0.140 e. The number of nitrogens with zero attached hydrogens (tertiary/aromatic N) is 1. The molecule has 8 aromatic carbocycles. The monoisotopic (exact) mass is 651 g/mol. The number of anilines is 3. The molecule has 1 heterocycles. The Kier molecular flexibility index (Phi) is 6.75. The van der Waals surface area contributed by atoms with Gasteiger partial charge in [0.05, 0.1) is 16.5 Å². The lowest BCUT2D eigenvalue weighted by Crippen LogP contribution is -2.28. The van der Waals surface area contributed by atoms with Gasteiger partial charge in [-0.3, -0.25) is 0 Å². The molecule has 0 atom stereocenters. The molecule has 0 saturated carbocycles. The fourth-order valence-corrected chi connectivity index (χ4v) is 8.43. The van der Waals surface area contributed by atoms with Gasteiger partial charge in [-0.15, -0.1) is 0 Å². The Bertz CT molecular complexity index is 2630. The van der Waals surface area contributed by atoms with Crippen LogP contribution < -0.4 is 4.90 Å². The SMILES string of the molecule is c1ccc(-c2ccc(N(c3ccccc3)c3cccc4oc5c(C6(c7ccccc7)c7ccccc7-c7ccccc76)cccc5c34)cc2)cc1. The molecular formula is C49H33NO. The summed E-state index contributed by atoms with van der Waals surface area (Å²) in [6.07, 6.45) is 0. The van der Waals surface area contributed by atoms with Crippen LogP contribution in [0.25, 0.3) is 44.2 Å². The summed E-state index contributed by atoms with van der Waals surface area (Å²) in [6, 6.07) is 71.9. The van der Waals surface area contributed by atoms with E-state index in [4.69, 9.17) is 4.42 Å². The van der Waals surface area contributed by atoms with Gasteiger partial charge in [0.2, 0.25) is 0 Å². The van der Waals surface area contributed by atoms with Crippen LogP contribution >= 0.6 is 0 Å². The first-order chi connectivity index (χ1) is 25.3. The molecule has 2 nitrogen and oxygen atoms in total. The van der Waals surface area contributed by atoms with Crippen LogP contribution in [0.5, 0.6) is 0 Å². The minimum absolute atomic E-state index is 0.561. The largest absolute Gasteiger partial charge is 0.456 e. The van der Waals surface area contributed by atoms with Crippen molar-refractivity contribution in [3.8, 4) is 22.3 Å². The Morgan fingerprint density at radius 2 is 0.922 bits per heavy atom. The Balaban J connectivity index is 1.24. The molecule has 1 aliphatic carbocycles. The van der Waals surface area contributed by atoms with E-state index in [-0.39, 0.29) is 0 Å². The summed E-state index contributed by atoms with van der Waals surface area (Å²) in [5.74, 6) is 0. The third-order valence-corrected chi connectivity index (χ3v) is 10.6. The summed E-state index contributed by atoms with van der Waals surface area (Å²) in [4.78, 5) is 2.35. The molecule has 0 fully saturated rings. The summed E-state index contributed by atoms with van der Waals surface area (Å²) >= 11 is 0. The smallest absolute Gasteiger partial charge is 0.140 e. The van der Waals surface area contributed by atoms with Crippen molar-refractivity contribution in [2.24, 2.45) is 0 Å². The average Bonchev–Trinajstić information content (AvgIpc) is 3.74. The zero-order valence-electron chi connectivity index (χ0n) is 27.9. The van der Waals surface area contributed by atoms with E-state index in [9.17, 15) is 0 Å². The van der Waals surface area contributed by atoms with Gasteiger partial charge in [0.25, 0.3) is 0 Å². The molecule has 0 radical (unpaired) electrons. The van der Waals surface area contributed by atoms with Gasteiger partial charge in [-0.2, -0.15) is 0 Å². The number of hydrogen-bond donors (Lipinski definition) is 0. The van der Waals surface area contributed by atoms with Gasteiger partial charge in [-0.05, 0) is 75.3 Å². The van der Waals surface area contributed by atoms with E-state index in [1.165, 1.54) is 38.9 Å². The van der Waals surface area contributed by atoms with E-state index in [1.54, 1.807) is 0 Å². The quantitative estimate of drug-likeness (QED) is 0.178. The highest BCUT2D eigenvalue weighted by Crippen LogP contribution is 2.58. The maximum atomic E-state index is 7.09. The summed E-state index contributed by atoms with van der Waals surface area (Å²) < 4.78 is 7.09. The fourth-order valence-electron chi connectivity index (χ4n) is 8.43. The molecule has 0 bridgehead atoms.